The second kappa shape index (κ2) is 11.7. The third-order valence-electron chi connectivity index (χ3n) is 7.71. The first kappa shape index (κ1) is 28.0. The van der Waals surface area contributed by atoms with E-state index in [1.807, 2.05) is 18.2 Å². The first-order chi connectivity index (χ1) is 20.3. The Hall–Kier alpha value is -4.09. The van der Waals surface area contributed by atoms with E-state index in [0.717, 1.165) is 24.8 Å². The summed E-state index contributed by atoms with van der Waals surface area (Å²) in [5, 5.41) is 10.6. The highest BCUT2D eigenvalue weighted by molar-refractivity contribution is 6.31. The quantitative estimate of drug-likeness (QED) is 0.360. The second-order valence-corrected chi connectivity index (χ2v) is 11.1. The minimum absolute atomic E-state index is 0.0130. The number of anilines is 1. The third-order valence-corrected chi connectivity index (χ3v) is 8.18. The molecule has 2 amide bonds. The van der Waals surface area contributed by atoms with Crippen LogP contribution in [0.3, 0.4) is 0 Å². The van der Waals surface area contributed by atoms with E-state index in [2.05, 4.69) is 20.6 Å². The molecule has 2 aliphatic heterocycles. The van der Waals surface area contributed by atoms with Crippen LogP contribution < -0.4 is 15.8 Å². The SMILES string of the molecule is O=C1NCCCCC[C@H](n2cnc(-c3c(-n4cc(Cl)nn4)ccc(Cl)c3F)cc2=O)c2cccc(c2)N2C(=O)CC[C@H]12. The van der Waals surface area contributed by atoms with E-state index in [1.165, 1.54) is 33.9 Å². The maximum Gasteiger partial charge on any atom is 0.254 e. The number of benzene rings is 2. The van der Waals surface area contributed by atoms with Gasteiger partial charge in [0.1, 0.15) is 6.04 Å². The van der Waals surface area contributed by atoms with E-state index in [1.54, 1.807) is 17.0 Å². The number of nitrogens with zero attached hydrogens (tertiary/aromatic N) is 6. The van der Waals surface area contributed by atoms with Crippen LogP contribution in [0.5, 0.6) is 0 Å². The van der Waals surface area contributed by atoms with Crippen LogP contribution in [0.4, 0.5) is 10.1 Å². The lowest BCUT2D eigenvalue weighted by molar-refractivity contribution is -0.123. The fourth-order valence-corrected chi connectivity index (χ4v) is 5.97. The van der Waals surface area contributed by atoms with Crippen molar-refractivity contribution in [1.29, 1.82) is 0 Å². The molecule has 2 aromatic carbocycles. The fourth-order valence-electron chi connectivity index (χ4n) is 5.69. The Kier molecular flexibility index (Phi) is 7.78. The highest BCUT2D eigenvalue weighted by Gasteiger charge is 2.37. The Morgan fingerprint density at radius 3 is 2.62 bits per heavy atom. The van der Waals surface area contributed by atoms with Gasteiger partial charge < -0.3 is 5.32 Å². The van der Waals surface area contributed by atoms with Crippen LogP contribution >= 0.6 is 23.2 Å². The van der Waals surface area contributed by atoms with Crippen molar-refractivity contribution in [3.8, 4) is 16.9 Å². The number of carbonyl (C=O) groups excluding carboxylic acids is 2. The standard InChI is InChI=1S/C29H26Cl2FN7O3/c30-19-8-9-22(38-15-24(31)35-36-38)27(28(19)32)20-14-26(41)37(16-34-20)21-7-2-1-3-12-33-29(42)23-10-11-25(40)39(23)18-6-4-5-17(21)13-18/h4-6,8-9,13-16,21,23H,1-3,7,10-12H2,(H,33,42)/t21-,23+/m0/s1. The molecule has 10 nitrogen and oxygen atoms in total. The van der Waals surface area contributed by atoms with Gasteiger partial charge in [-0.3, -0.25) is 23.9 Å². The summed E-state index contributed by atoms with van der Waals surface area (Å²) < 4.78 is 18.2. The zero-order chi connectivity index (χ0) is 29.4. The molecule has 2 atom stereocenters. The molecular weight excluding hydrogens is 584 g/mol. The van der Waals surface area contributed by atoms with Gasteiger partial charge in [-0.2, -0.15) is 0 Å². The first-order valence-electron chi connectivity index (χ1n) is 13.7. The van der Waals surface area contributed by atoms with Gasteiger partial charge in [0.05, 0.1) is 40.5 Å². The van der Waals surface area contributed by atoms with Crippen molar-refractivity contribution < 1.29 is 14.0 Å². The van der Waals surface area contributed by atoms with E-state index in [-0.39, 0.29) is 38.9 Å². The molecule has 1 N–H and O–H groups in total. The molecule has 0 aliphatic carbocycles. The number of fused-ring (bicyclic) bond motifs is 4. The normalized spacial score (nSPS) is 19.5. The van der Waals surface area contributed by atoms with Gasteiger partial charge in [0.2, 0.25) is 11.8 Å². The largest absolute Gasteiger partial charge is 0.354 e. The fraction of sp³-hybridized carbons (Fsp3) is 0.310. The maximum atomic E-state index is 15.4. The van der Waals surface area contributed by atoms with E-state index in [4.69, 9.17) is 23.2 Å². The zero-order valence-electron chi connectivity index (χ0n) is 22.3. The van der Waals surface area contributed by atoms with Gasteiger partial charge in [-0.15, -0.1) is 5.10 Å². The summed E-state index contributed by atoms with van der Waals surface area (Å²) in [6.07, 6.45) is 6.56. The molecule has 13 heteroatoms. The van der Waals surface area contributed by atoms with Gasteiger partial charge >= 0.3 is 0 Å². The highest BCUT2D eigenvalue weighted by atomic mass is 35.5. The summed E-state index contributed by atoms with van der Waals surface area (Å²) in [7, 11) is 0. The van der Waals surface area contributed by atoms with Crippen LogP contribution in [0.2, 0.25) is 10.2 Å². The molecule has 2 aliphatic rings. The average Bonchev–Trinajstić information content (AvgIpc) is 3.59. The Bertz CT molecular complexity index is 1740. The van der Waals surface area contributed by atoms with E-state index >= 15 is 4.39 Å². The number of amides is 2. The summed E-state index contributed by atoms with van der Waals surface area (Å²) >= 11 is 12.0. The van der Waals surface area contributed by atoms with Crippen molar-refractivity contribution in [3.05, 3.63) is 86.9 Å². The predicted octanol–water partition coefficient (Wildman–Crippen LogP) is 4.71. The van der Waals surface area contributed by atoms with Crippen molar-refractivity contribution in [2.24, 2.45) is 0 Å². The summed E-state index contributed by atoms with van der Waals surface area (Å²) in [6.45, 7) is 0.514. The summed E-state index contributed by atoms with van der Waals surface area (Å²) in [6, 6.07) is 10.6. The van der Waals surface area contributed by atoms with Gasteiger partial charge in [-0.1, -0.05) is 53.4 Å². The molecule has 2 bridgehead atoms. The van der Waals surface area contributed by atoms with Gasteiger partial charge in [0, 0.05) is 24.7 Å². The Labute approximate surface area is 250 Å². The summed E-state index contributed by atoms with van der Waals surface area (Å²) in [5.41, 5.74) is 1.34. The monoisotopic (exact) mass is 609 g/mol. The van der Waals surface area contributed by atoms with Gasteiger partial charge in [-0.05, 0) is 49.1 Å². The Morgan fingerprint density at radius 2 is 1.83 bits per heavy atom. The Balaban J connectivity index is 1.42. The van der Waals surface area contributed by atoms with Crippen molar-refractivity contribution in [2.45, 2.75) is 50.6 Å². The van der Waals surface area contributed by atoms with Crippen LogP contribution in [-0.4, -0.2) is 48.9 Å². The molecule has 0 unspecified atom stereocenters. The number of hydrogen-bond donors (Lipinski definition) is 1. The van der Waals surface area contributed by atoms with E-state index in [0.29, 0.717) is 31.5 Å². The molecule has 1 fully saturated rings. The van der Waals surface area contributed by atoms with Crippen LogP contribution in [0, 0.1) is 5.82 Å². The molecule has 6 rings (SSSR count). The molecule has 0 spiro atoms. The smallest absolute Gasteiger partial charge is 0.254 e. The maximum absolute atomic E-state index is 15.4. The predicted molar refractivity (Wildman–Crippen MR) is 155 cm³/mol. The molecule has 2 aromatic heterocycles. The van der Waals surface area contributed by atoms with Crippen LogP contribution in [0.25, 0.3) is 16.9 Å². The Morgan fingerprint density at radius 1 is 0.976 bits per heavy atom. The molecule has 0 radical (unpaired) electrons. The molecule has 1 saturated heterocycles. The minimum Gasteiger partial charge on any atom is -0.354 e. The zero-order valence-corrected chi connectivity index (χ0v) is 23.9. The molecule has 4 aromatic rings. The second-order valence-electron chi connectivity index (χ2n) is 10.3. The van der Waals surface area contributed by atoms with Crippen molar-refractivity contribution in [1.82, 2.24) is 29.9 Å². The third kappa shape index (κ3) is 5.30. The van der Waals surface area contributed by atoms with E-state index in [9.17, 15) is 14.4 Å². The lowest BCUT2D eigenvalue weighted by Crippen LogP contribution is -2.45. The minimum atomic E-state index is -0.756. The molecule has 42 heavy (non-hydrogen) atoms. The molecule has 216 valence electrons. The summed E-state index contributed by atoms with van der Waals surface area (Å²) in [5.74, 6) is -1.03. The molecule has 0 saturated carbocycles. The first-order valence-corrected chi connectivity index (χ1v) is 14.4. The average molecular weight is 610 g/mol. The number of aromatic nitrogens is 5. The van der Waals surface area contributed by atoms with Crippen molar-refractivity contribution >= 4 is 40.7 Å². The van der Waals surface area contributed by atoms with Crippen LogP contribution in [0.15, 0.2) is 59.8 Å². The van der Waals surface area contributed by atoms with Crippen molar-refractivity contribution in [2.75, 3.05) is 11.4 Å². The molecule has 4 heterocycles. The number of hydrogen-bond acceptors (Lipinski definition) is 6. The number of carbonyl (C=O) groups is 2. The number of rotatable bonds is 3. The number of nitrogens with one attached hydrogen (secondary N) is 1. The highest BCUT2D eigenvalue weighted by Crippen LogP contribution is 2.34. The van der Waals surface area contributed by atoms with Crippen LogP contribution in [-0.2, 0) is 9.59 Å². The number of halogens is 3. The lowest BCUT2D eigenvalue weighted by Gasteiger charge is -2.26. The topological polar surface area (TPSA) is 115 Å². The lowest BCUT2D eigenvalue weighted by atomic mass is 9.99. The van der Waals surface area contributed by atoms with Gasteiger partial charge in [-0.25, -0.2) is 14.1 Å². The van der Waals surface area contributed by atoms with Crippen LogP contribution in [0.1, 0.15) is 50.1 Å². The van der Waals surface area contributed by atoms with Gasteiger partial charge in [0.25, 0.3) is 5.56 Å². The van der Waals surface area contributed by atoms with Gasteiger partial charge in [0.15, 0.2) is 11.0 Å². The summed E-state index contributed by atoms with van der Waals surface area (Å²) in [4.78, 5) is 45.4. The van der Waals surface area contributed by atoms with Crippen molar-refractivity contribution in [3.63, 3.8) is 0 Å². The van der Waals surface area contributed by atoms with E-state index < -0.39 is 23.5 Å². The molecular formula is C29H26Cl2FN7O3.